The number of hydrogen-bond acceptors (Lipinski definition) is 5. The largest absolute Gasteiger partial charge is 0.497 e. The van der Waals surface area contributed by atoms with Crippen LogP contribution >= 0.6 is 0 Å². The molecule has 0 heterocycles. The first-order chi connectivity index (χ1) is 13.2. The molecule has 146 valence electrons. The predicted molar refractivity (Wildman–Crippen MR) is 105 cm³/mol. The first kappa shape index (κ1) is 19.5. The molecule has 0 radical (unpaired) electrons. The smallest absolute Gasteiger partial charge is 0.119 e. The molecule has 5 nitrogen and oxygen atoms in total. The van der Waals surface area contributed by atoms with Crippen molar-refractivity contribution < 1.29 is 19.3 Å². The number of ether oxygens (including phenoxy) is 3. The van der Waals surface area contributed by atoms with E-state index in [1.165, 1.54) is 18.4 Å². The lowest BCUT2D eigenvalue weighted by Gasteiger charge is -2.25. The van der Waals surface area contributed by atoms with E-state index in [0.29, 0.717) is 6.54 Å². The fourth-order valence-corrected chi connectivity index (χ4v) is 3.07. The summed E-state index contributed by atoms with van der Waals surface area (Å²) in [6, 6.07) is 15.5. The van der Waals surface area contributed by atoms with Crippen molar-refractivity contribution in [2.75, 3.05) is 33.9 Å². The van der Waals surface area contributed by atoms with E-state index in [9.17, 15) is 5.11 Å². The molecule has 1 N–H and O–H groups in total. The summed E-state index contributed by atoms with van der Waals surface area (Å²) in [7, 11) is 3.31. The summed E-state index contributed by atoms with van der Waals surface area (Å²) in [4.78, 5) is 2.32. The zero-order valence-electron chi connectivity index (χ0n) is 16.1. The number of aliphatic hydroxyl groups is 1. The third kappa shape index (κ3) is 6.45. The van der Waals surface area contributed by atoms with E-state index in [1.54, 1.807) is 14.2 Å². The lowest BCUT2D eigenvalue weighted by atomic mass is 10.2. The Kier molecular flexibility index (Phi) is 6.96. The lowest BCUT2D eigenvalue weighted by molar-refractivity contribution is 0.0639. The van der Waals surface area contributed by atoms with Crippen LogP contribution in [0.2, 0.25) is 0 Å². The van der Waals surface area contributed by atoms with Crippen molar-refractivity contribution >= 4 is 0 Å². The molecule has 1 unspecified atom stereocenters. The highest BCUT2D eigenvalue weighted by Crippen LogP contribution is 2.30. The maximum atomic E-state index is 10.5. The van der Waals surface area contributed by atoms with Crippen molar-refractivity contribution in [1.29, 1.82) is 0 Å². The molecule has 1 aliphatic rings. The standard InChI is InChI=1S/C22H29NO4/c1-25-20-7-5-18(6-8-20)14-23(13-17-3-4-17)15-19(24)16-27-22-11-9-21(26-2)10-12-22/h5-12,17,19,24H,3-4,13-16H2,1-2H3. The van der Waals surface area contributed by atoms with E-state index < -0.39 is 6.10 Å². The Bertz CT molecular complexity index is 682. The van der Waals surface area contributed by atoms with Gasteiger partial charge in [-0.25, -0.2) is 0 Å². The Labute approximate surface area is 161 Å². The molecule has 0 amide bonds. The van der Waals surface area contributed by atoms with Gasteiger partial charge in [-0.1, -0.05) is 12.1 Å². The minimum atomic E-state index is -0.538. The van der Waals surface area contributed by atoms with Gasteiger partial charge in [0.15, 0.2) is 0 Å². The van der Waals surface area contributed by atoms with Gasteiger partial charge in [-0.2, -0.15) is 0 Å². The second-order valence-electron chi connectivity index (χ2n) is 7.13. The van der Waals surface area contributed by atoms with E-state index in [1.807, 2.05) is 36.4 Å². The van der Waals surface area contributed by atoms with Crippen LogP contribution in [-0.2, 0) is 6.54 Å². The van der Waals surface area contributed by atoms with Crippen LogP contribution in [0.25, 0.3) is 0 Å². The van der Waals surface area contributed by atoms with Gasteiger partial charge in [0.05, 0.1) is 14.2 Å². The van der Waals surface area contributed by atoms with Crippen molar-refractivity contribution in [2.24, 2.45) is 5.92 Å². The van der Waals surface area contributed by atoms with Gasteiger partial charge in [0.1, 0.15) is 30.0 Å². The highest BCUT2D eigenvalue weighted by molar-refractivity contribution is 5.31. The minimum Gasteiger partial charge on any atom is -0.497 e. The number of aliphatic hydroxyl groups excluding tert-OH is 1. The highest BCUT2D eigenvalue weighted by atomic mass is 16.5. The zero-order chi connectivity index (χ0) is 19.1. The molecule has 0 aromatic heterocycles. The normalized spacial score (nSPS) is 14.8. The fraction of sp³-hybridized carbons (Fsp3) is 0.455. The molecule has 27 heavy (non-hydrogen) atoms. The summed E-state index contributed by atoms with van der Waals surface area (Å²) in [5.41, 5.74) is 1.22. The van der Waals surface area contributed by atoms with Gasteiger partial charge >= 0.3 is 0 Å². The summed E-state index contributed by atoms with van der Waals surface area (Å²) >= 11 is 0. The molecular weight excluding hydrogens is 342 g/mol. The Morgan fingerprint density at radius 2 is 1.48 bits per heavy atom. The molecule has 5 heteroatoms. The van der Waals surface area contributed by atoms with Crippen molar-refractivity contribution in [3.63, 3.8) is 0 Å². The van der Waals surface area contributed by atoms with E-state index in [4.69, 9.17) is 14.2 Å². The Morgan fingerprint density at radius 1 is 0.926 bits per heavy atom. The Hall–Kier alpha value is -2.24. The van der Waals surface area contributed by atoms with Crippen LogP contribution in [0.15, 0.2) is 48.5 Å². The van der Waals surface area contributed by atoms with Gasteiger partial charge in [0.2, 0.25) is 0 Å². The number of benzene rings is 2. The van der Waals surface area contributed by atoms with E-state index >= 15 is 0 Å². The van der Waals surface area contributed by atoms with E-state index in [0.717, 1.165) is 36.3 Å². The van der Waals surface area contributed by atoms with Gasteiger partial charge in [-0.15, -0.1) is 0 Å². The van der Waals surface area contributed by atoms with Crippen LogP contribution in [0.4, 0.5) is 0 Å². The molecule has 0 aliphatic heterocycles. The van der Waals surface area contributed by atoms with E-state index in [2.05, 4.69) is 17.0 Å². The first-order valence-electron chi connectivity index (χ1n) is 9.46. The summed E-state index contributed by atoms with van der Waals surface area (Å²) in [5.74, 6) is 3.15. The quantitative estimate of drug-likeness (QED) is 0.656. The van der Waals surface area contributed by atoms with Crippen LogP contribution in [0, 0.1) is 5.92 Å². The van der Waals surface area contributed by atoms with Crippen LogP contribution in [0.3, 0.4) is 0 Å². The van der Waals surface area contributed by atoms with Crippen LogP contribution in [0.5, 0.6) is 17.2 Å². The van der Waals surface area contributed by atoms with Crippen molar-refractivity contribution in [1.82, 2.24) is 4.90 Å². The molecule has 2 aromatic carbocycles. The van der Waals surface area contributed by atoms with Crippen molar-refractivity contribution in [2.45, 2.75) is 25.5 Å². The van der Waals surface area contributed by atoms with Crippen LogP contribution < -0.4 is 14.2 Å². The number of rotatable bonds is 11. The van der Waals surface area contributed by atoms with Gasteiger partial charge in [0, 0.05) is 19.6 Å². The van der Waals surface area contributed by atoms with Crippen molar-refractivity contribution in [3.05, 3.63) is 54.1 Å². The molecule has 1 saturated carbocycles. The number of methoxy groups -OCH3 is 2. The van der Waals surface area contributed by atoms with Crippen LogP contribution in [0.1, 0.15) is 18.4 Å². The van der Waals surface area contributed by atoms with Gasteiger partial charge < -0.3 is 19.3 Å². The summed E-state index contributed by atoms with van der Waals surface area (Å²) in [5, 5.41) is 10.5. The fourth-order valence-electron chi connectivity index (χ4n) is 3.07. The maximum absolute atomic E-state index is 10.5. The number of nitrogens with zero attached hydrogens (tertiary/aromatic N) is 1. The van der Waals surface area contributed by atoms with Gasteiger partial charge in [-0.3, -0.25) is 4.90 Å². The average Bonchev–Trinajstić information content (AvgIpc) is 3.51. The molecule has 1 atom stereocenters. The topological polar surface area (TPSA) is 51.2 Å². The Balaban J connectivity index is 1.51. The SMILES string of the molecule is COc1ccc(CN(CC(O)COc2ccc(OC)cc2)CC2CC2)cc1. The minimum absolute atomic E-state index is 0.274. The number of hydrogen-bond donors (Lipinski definition) is 1. The molecular formula is C22H29NO4. The molecule has 0 spiro atoms. The maximum Gasteiger partial charge on any atom is 0.119 e. The second kappa shape index (κ2) is 9.62. The third-order valence-electron chi connectivity index (χ3n) is 4.75. The molecule has 1 fully saturated rings. The summed E-state index contributed by atoms with van der Waals surface area (Å²) < 4.78 is 16.1. The summed E-state index contributed by atoms with van der Waals surface area (Å²) in [6.45, 7) is 2.71. The molecule has 3 rings (SSSR count). The van der Waals surface area contributed by atoms with E-state index in [-0.39, 0.29) is 6.61 Å². The molecule has 2 aromatic rings. The third-order valence-corrected chi connectivity index (χ3v) is 4.75. The molecule has 0 saturated heterocycles. The highest BCUT2D eigenvalue weighted by Gasteiger charge is 2.25. The lowest BCUT2D eigenvalue weighted by Crippen LogP contribution is -2.36. The Morgan fingerprint density at radius 3 is 2.04 bits per heavy atom. The second-order valence-corrected chi connectivity index (χ2v) is 7.13. The molecule has 0 bridgehead atoms. The summed E-state index contributed by atoms with van der Waals surface area (Å²) in [6.07, 6.45) is 2.04. The van der Waals surface area contributed by atoms with Gasteiger partial charge in [-0.05, 0) is 60.7 Å². The first-order valence-corrected chi connectivity index (χ1v) is 9.46. The van der Waals surface area contributed by atoms with Crippen LogP contribution in [-0.4, -0.2) is 50.0 Å². The zero-order valence-corrected chi connectivity index (χ0v) is 16.1. The van der Waals surface area contributed by atoms with Crippen molar-refractivity contribution in [3.8, 4) is 17.2 Å². The average molecular weight is 371 g/mol. The monoisotopic (exact) mass is 371 g/mol. The molecule has 1 aliphatic carbocycles. The van der Waals surface area contributed by atoms with Gasteiger partial charge in [0.25, 0.3) is 0 Å². The predicted octanol–water partition coefficient (Wildman–Crippen LogP) is 3.36.